The van der Waals surface area contributed by atoms with Crippen molar-refractivity contribution in [1.29, 1.82) is 0 Å². The topological polar surface area (TPSA) is 35.2 Å². The van der Waals surface area contributed by atoms with Crippen LogP contribution in [0.5, 0.6) is 0 Å². The van der Waals surface area contributed by atoms with Crippen LogP contribution >= 0.6 is 15.9 Å². The first-order valence-corrected chi connectivity index (χ1v) is 7.17. The van der Waals surface area contributed by atoms with E-state index in [2.05, 4.69) is 40.2 Å². The number of nitrogens with two attached hydrogens (primary N) is 1. The van der Waals surface area contributed by atoms with Gasteiger partial charge in [0, 0.05) is 17.1 Å². The van der Waals surface area contributed by atoms with Crippen LogP contribution in [-0.2, 0) is 4.74 Å². The van der Waals surface area contributed by atoms with E-state index in [1.165, 1.54) is 18.4 Å². The van der Waals surface area contributed by atoms with E-state index < -0.39 is 0 Å². The first-order chi connectivity index (χ1) is 8.25. The number of hydrogen-bond acceptors (Lipinski definition) is 2. The van der Waals surface area contributed by atoms with Crippen molar-refractivity contribution in [1.82, 2.24) is 0 Å². The first-order valence-electron chi connectivity index (χ1n) is 6.38. The van der Waals surface area contributed by atoms with Gasteiger partial charge in [-0.25, -0.2) is 0 Å². The van der Waals surface area contributed by atoms with Gasteiger partial charge in [0.2, 0.25) is 0 Å². The molecule has 1 heterocycles. The molecule has 2 N–H and O–H groups in total. The van der Waals surface area contributed by atoms with E-state index >= 15 is 0 Å². The van der Waals surface area contributed by atoms with E-state index in [0.717, 1.165) is 30.3 Å². The van der Waals surface area contributed by atoms with Gasteiger partial charge in [-0.05, 0) is 49.8 Å². The summed E-state index contributed by atoms with van der Waals surface area (Å²) in [7, 11) is 0. The summed E-state index contributed by atoms with van der Waals surface area (Å²) < 4.78 is 6.71. The maximum absolute atomic E-state index is 6.17. The van der Waals surface area contributed by atoms with E-state index in [1.807, 2.05) is 0 Å². The lowest BCUT2D eigenvalue weighted by Crippen LogP contribution is -2.12. The van der Waals surface area contributed by atoms with E-state index in [-0.39, 0.29) is 6.04 Å². The average molecular weight is 298 g/mol. The molecule has 2 unspecified atom stereocenters. The van der Waals surface area contributed by atoms with E-state index in [9.17, 15) is 0 Å². The lowest BCUT2D eigenvalue weighted by Gasteiger charge is -2.14. The standard InChI is InChI=1S/C14H20BrNO/c15-12-8-6-11(7-9-12)14(16)5-1-3-13-4-2-10-17-13/h6-9,13-14H,1-5,10,16H2. The molecule has 0 saturated carbocycles. The molecule has 2 nitrogen and oxygen atoms in total. The van der Waals surface area contributed by atoms with Gasteiger partial charge in [-0.15, -0.1) is 0 Å². The molecule has 0 bridgehead atoms. The lowest BCUT2D eigenvalue weighted by molar-refractivity contribution is 0.101. The lowest BCUT2D eigenvalue weighted by atomic mass is 10.0. The van der Waals surface area contributed by atoms with Crippen LogP contribution in [0.25, 0.3) is 0 Å². The molecule has 0 aromatic heterocycles. The van der Waals surface area contributed by atoms with Crippen LogP contribution in [0.3, 0.4) is 0 Å². The zero-order valence-corrected chi connectivity index (χ0v) is 11.7. The first kappa shape index (κ1) is 13.1. The van der Waals surface area contributed by atoms with Crippen LogP contribution in [-0.4, -0.2) is 12.7 Å². The Balaban J connectivity index is 1.72. The minimum absolute atomic E-state index is 0.157. The van der Waals surface area contributed by atoms with Crippen LogP contribution in [0.15, 0.2) is 28.7 Å². The highest BCUT2D eigenvalue weighted by Crippen LogP contribution is 2.22. The maximum atomic E-state index is 6.17. The van der Waals surface area contributed by atoms with Gasteiger partial charge in [-0.3, -0.25) is 0 Å². The maximum Gasteiger partial charge on any atom is 0.0576 e. The molecular formula is C14H20BrNO. The molecule has 1 fully saturated rings. The molecule has 2 rings (SSSR count). The van der Waals surface area contributed by atoms with Crippen LogP contribution < -0.4 is 5.73 Å². The summed E-state index contributed by atoms with van der Waals surface area (Å²) >= 11 is 3.43. The zero-order valence-electron chi connectivity index (χ0n) is 10.1. The quantitative estimate of drug-likeness (QED) is 0.897. The molecule has 0 amide bonds. The SMILES string of the molecule is NC(CCCC1CCCO1)c1ccc(Br)cc1. The highest BCUT2D eigenvalue weighted by atomic mass is 79.9. The van der Waals surface area contributed by atoms with Gasteiger partial charge in [0.1, 0.15) is 0 Å². The third-order valence-corrected chi connectivity index (χ3v) is 3.89. The van der Waals surface area contributed by atoms with E-state index in [1.54, 1.807) is 0 Å². The van der Waals surface area contributed by atoms with E-state index in [0.29, 0.717) is 6.10 Å². The van der Waals surface area contributed by atoms with Crippen molar-refractivity contribution >= 4 is 15.9 Å². The second-order valence-electron chi connectivity index (χ2n) is 4.72. The fourth-order valence-corrected chi connectivity index (χ4v) is 2.58. The van der Waals surface area contributed by atoms with Crippen LogP contribution in [0.4, 0.5) is 0 Å². The summed E-state index contributed by atoms with van der Waals surface area (Å²) in [5.41, 5.74) is 7.40. The molecule has 1 aromatic rings. The van der Waals surface area contributed by atoms with Crippen LogP contribution in [0.1, 0.15) is 43.7 Å². The molecule has 1 saturated heterocycles. The van der Waals surface area contributed by atoms with Crippen molar-refractivity contribution in [2.45, 2.75) is 44.2 Å². The minimum atomic E-state index is 0.157. The summed E-state index contributed by atoms with van der Waals surface area (Å²) in [5, 5.41) is 0. The Morgan fingerprint density at radius 3 is 2.76 bits per heavy atom. The summed E-state index contributed by atoms with van der Waals surface area (Å²) in [6.07, 6.45) is 6.30. The van der Waals surface area contributed by atoms with Gasteiger partial charge in [0.15, 0.2) is 0 Å². The van der Waals surface area contributed by atoms with Crippen molar-refractivity contribution < 1.29 is 4.74 Å². The van der Waals surface area contributed by atoms with Crippen LogP contribution in [0.2, 0.25) is 0 Å². The van der Waals surface area contributed by atoms with Crippen molar-refractivity contribution in [3.8, 4) is 0 Å². The summed E-state index contributed by atoms with van der Waals surface area (Å²) in [6, 6.07) is 8.45. The van der Waals surface area contributed by atoms with Crippen molar-refractivity contribution in [3.05, 3.63) is 34.3 Å². The van der Waals surface area contributed by atoms with Gasteiger partial charge >= 0.3 is 0 Å². The molecule has 1 aliphatic rings. The third-order valence-electron chi connectivity index (χ3n) is 3.36. The van der Waals surface area contributed by atoms with Crippen molar-refractivity contribution in [2.75, 3.05) is 6.61 Å². The Bertz CT molecular complexity index is 333. The second-order valence-corrected chi connectivity index (χ2v) is 5.64. The number of benzene rings is 1. The molecule has 2 atom stereocenters. The Morgan fingerprint density at radius 2 is 2.12 bits per heavy atom. The molecule has 17 heavy (non-hydrogen) atoms. The Kier molecular flexibility index (Phi) is 5.01. The summed E-state index contributed by atoms with van der Waals surface area (Å²) in [6.45, 7) is 0.948. The fraction of sp³-hybridized carbons (Fsp3) is 0.571. The normalized spacial score (nSPS) is 21.6. The second kappa shape index (κ2) is 6.53. The molecule has 0 radical (unpaired) electrons. The van der Waals surface area contributed by atoms with Gasteiger partial charge in [-0.1, -0.05) is 28.1 Å². The smallest absolute Gasteiger partial charge is 0.0576 e. The Labute approximate surface area is 112 Å². The Morgan fingerprint density at radius 1 is 1.35 bits per heavy atom. The molecular weight excluding hydrogens is 278 g/mol. The molecule has 0 aliphatic carbocycles. The third kappa shape index (κ3) is 4.09. The summed E-state index contributed by atoms with van der Waals surface area (Å²) in [4.78, 5) is 0. The van der Waals surface area contributed by atoms with Crippen molar-refractivity contribution in [2.24, 2.45) is 5.73 Å². The predicted octanol–water partition coefficient (Wildman–Crippen LogP) is 3.80. The summed E-state index contributed by atoms with van der Waals surface area (Å²) in [5.74, 6) is 0. The number of hydrogen-bond donors (Lipinski definition) is 1. The van der Waals surface area contributed by atoms with Gasteiger partial charge in [-0.2, -0.15) is 0 Å². The molecule has 1 aliphatic heterocycles. The molecule has 1 aromatic carbocycles. The zero-order chi connectivity index (χ0) is 12.1. The molecule has 0 spiro atoms. The average Bonchev–Trinajstić information content (AvgIpc) is 2.83. The monoisotopic (exact) mass is 297 g/mol. The Hall–Kier alpha value is -0.380. The number of halogens is 1. The van der Waals surface area contributed by atoms with E-state index in [4.69, 9.17) is 10.5 Å². The highest BCUT2D eigenvalue weighted by Gasteiger charge is 2.15. The van der Waals surface area contributed by atoms with Gasteiger partial charge in [0.05, 0.1) is 6.10 Å². The molecule has 94 valence electrons. The van der Waals surface area contributed by atoms with Gasteiger partial charge < -0.3 is 10.5 Å². The molecule has 3 heteroatoms. The highest BCUT2D eigenvalue weighted by molar-refractivity contribution is 9.10. The largest absolute Gasteiger partial charge is 0.378 e. The number of rotatable bonds is 5. The minimum Gasteiger partial charge on any atom is -0.378 e. The number of ether oxygens (including phenoxy) is 1. The van der Waals surface area contributed by atoms with Crippen molar-refractivity contribution in [3.63, 3.8) is 0 Å². The van der Waals surface area contributed by atoms with Gasteiger partial charge in [0.25, 0.3) is 0 Å². The predicted molar refractivity (Wildman–Crippen MR) is 73.9 cm³/mol. The fourth-order valence-electron chi connectivity index (χ4n) is 2.31. The van der Waals surface area contributed by atoms with Crippen LogP contribution in [0, 0.1) is 0 Å².